The molecule has 1 amide bonds. The van der Waals surface area contributed by atoms with Gasteiger partial charge in [-0.25, -0.2) is 13.8 Å². The van der Waals surface area contributed by atoms with Crippen molar-refractivity contribution in [1.82, 2.24) is 5.43 Å². The number of halogens is 1. The molecule has 170 valence electrons. The number of rotatable bonds is 10. The monoisotopic (exact) mass is 527 g/mol. The van der Waals surface area contributed by atoms with E-state index in [0.29, 0.717) is 23.6 Å². The highest BCUT2D eigenvalue weighted by molar-refractivity contribution is 9.10. The molecule has 0 heterocycles. The normalized spacial score (nSPS) is 11.2. The van der Waals surface area contributed by atoms with Crippen LogP contribution in [-0.4, -0.2) is 33.7 Å². The fraction of sp³-hybridized carbons (Fsp3) is 0.0833. The van der Waals surface area contributed by atoms with Crippen LogP contribution in [-0.2, 0) is 14.8 Å². The first kappa shape index (κ1) is 24.2. The van der Waals surface area contributed by atoms with Gasteiger partial charge in [-0.2, -0.15) is 5.10 Å². The Bertz CT molecular complexity index is 1230. The minimum Gasteiger partial charge on any atom is -0.490 e. The van der Waals surface area contributed by atoms with Gasteiger partial charge in [-0.1, -0.05) is 58.9 Å². The first-order valence-corrected chi connectivity index (χ1v) is 12.1. The molecule has 0 saturated carbocycles. The summed E-state index contributed by atoms with van der Waals surface area (Å²) < 4.78 is 33.8. The number of hydrogen-bond donors (Lipinski definition) is 1. The standard InChI is InChI=1S/C24H22BrN3O4S/c1-2-15-32-22-8-6-7-19(16-22)17-26-27-24(29)18-28(21-13-11-20(25)12-14-21)33(30,31)23-9-4-3-5-10-23/h2-14,16-17H,1,15,18H2,(H,27,29)/b26-17-. The minimum atomic E-state index is -3.97. The molecule has 3 aromatic rings. The Morgan fingerprint density at radius 2 is 1.79 bits per heavy atom. The second-order valence-corrected chi connectivity index (χ2v) is 9.54. The van der Waals surface area contributed by atoms with Gasteiger partial charge in [0.25, 0.3) is 15.9 Å². The van der Waals surface area contributed by atoms with Gasteiger partial charge in [0.15, 0.2) is 0 Å². The number of carbonyl (C=O) groups excluding carboxylic acids is 1. The van der Waals surface area contributed by atoms with Crippen LogP contribution in [0.4, 0.5) is 5.69 Å². The van der Waals surface area contributed by atoms with Gasteiger partial charge in [-0.15, -0.1) is 0 Å². The summed E-state index contributed by atoms with van der Waals surface area (Å²) in [4.78, 5) is 12.7. The molecule has 0 bridgehead atoms. The maximum atomic E-state index is 13.2. The number of amides is 1. The van der Waals surface area contributed by atoms with Crippen molar-refractivity contribution in [2.75, 3.05) is 17.5 Å². The highest BCUT2D eigenvalue weighted by atomic mass is 79.9. The van der Waals surface area contributed by atoms with Crippen LogP contribution in [0, 0.1) is 0 Å². The van der Waals surface area contributed by atoms with E-state index in [1.165, 1.54) is 18.3 Å². The molecule has 0 aromatic heterocycles. The molecular formula is C24H22BrN3O4S. The topological polar surface area (TPSA) is 88.1 Å². The number of benzene rings is 3. The highest BCUT2D eigenvalue weighted by Crippen LogP contribution is 2.25. The Kier molecular flexibility index (Phi) is 8.39. The third-order valence-electron chi connectivity index (χ3n) is 4.36. The quantitative estimate of drug-likeness (QED) is 0.241. The average molecular weight is 528 g/mol. The van der Waals surface area contributed by atoms with Crippen LogP contribution in [0.25, 0.3) is 0 Å². The van der Waals surface area contributed by atoms with Crippen molar-refractivity contribution < 1.29 is 17.9 Å². The molecule has 1 N–H and O–H groups in total. The van der Waals surface area contributed by atoms with Crippen LogP contribution in [0.15, 0.2) is 106 Å². The van der Waals surface area contributed by atoms with Crippen molar-refractivity contribution in [2.24, 2.45) is 5.10 Å². The van der Waals surface area contributed by atoms with E-state index in [2.05, 4.69) is 33.0 Å². The molecule has 0 spiro atoms. The molecule has 3 aromatic carbocycles. The Hall–Kier alpha value is -3.43. The average Bonchev–Trinajstić information content (AvgIpc) is 2.83. The summed E-state index contributed by atoms with van der Waals surface area (Å²) in [7, 11) is -3.97. The van der Waals surface area contributed by atoms with Crippen molar-refractivity contribution in [3.63, 3.8) is 0 Å². The van der Waals surface area contributed by atoms with E-state index in [-0.39, 0.29) is 4.90 Å². The lowest BCUT2D eigenvalue weighted by atomic mass is 10.2. The number of sulfonamides is 1. The number of nitrogens with one attached hydrogen (secondary N) is 1. The van der Waals surface area contributed by atoms with E-state index in [4.69, 9.17) is 4.74 Å². The van der Waals surface area contributed by atoms with Gasteiger partial charge in [-0.3, -0.25) is 9.10 Å². The summed E-state index contributed by atoms with van der Waals surface area (Å²) in [6.45, 7) is 3.53. The molecule has 0 aliphatic heterocycles. The molecule has 0 saturated heterocycles. The van der Waals surface area contributed by atoms with Gasteiger partial charge in [0.2, 0.25) is 0 Å². The zero-order valence-corrected chi connectivity index (χ0v) is 20.0. The lowest BCUT2D eigenvalue weighted by Gasteiger charge is -2.23. The van der Waals surface area contributed by atoms with Crippen molar-refractivity contribution in [1.29, 1.82) is 0 Å². The summed E-state index contributed by atoms with van der Waals surface area (Å²) in [5, 5.41) is 3.95. The summed E-state index contributed by atoms with van der Waals surface area (Å²) in [6.07, 6.45) is 3.09. The Morgan fingerprint density at radius 3 is 2.48 bits per heavy atom. The Balaban J connectivity index is 1.76. The van der Waals surface area contributed by atoms with Crippen LogP contribution in [0.1, 0.15) is 5.56 Å². The predicted molar refractivity (Wildman–Crippen MR) is 133 cm³/mol. The molecule has 0 aliphatic carbocycles. The van der Waals surface area contributed by atoms with Crippen LogP contribution < -0.4 is 14.5 Å². The second kappa shape index (κ2) is 11.4. The SMILES string of the molecule is C=CCOc1cccc(/C=N\NC(=O)CN(c2ccc(Br)cc2)S(=O)(=O)c2ccccc2)c1. The maximum Gasteiger partial charge on any atom is 0.264 e. The van der Waals surface area contributed by atoms with Gasteiger partial charge in [-0.05, 0) is 54.1 Å². The number of hydrazone groups is 1. The zero-order chi connectivity index (χ0) is 23.7. The van der Waals surface area contributed by atoms with Gasteiger partial charge in [0.1, 0.15) is 18.9 Å². The van der Waals surface area contributed by atoms with Crippen LogP contribution in [0.2, 0.25) is 0 Å². The van der Waals surface area contributed by atoms with Crippen molar-refractivity contribution >= 4 is 43.8 Å². The number of carbonyl (C=O) groups is 1. The number of nitrogens with zero attached hydrogens (tertiary/aromatic N) is 2. The molecule has 0 atom stereocenters. The first-order valence-electron chi connectivity index (χ1n) is 9.89. The summed E-state index contributed by atoms with van der Waals surface area (Å²) in [5.41, 5.74) is 3.45. The largest absolute Gasteiger partial charge is 0.490 e. The Morgan fingerprint density at radius 1 is 1.06 bits per heavy atom. The molecule has 33 heavy (non-hydrogen) atoms. The van der Waals surface area contributed by atoms with Crippen molar-refractivity contribution in [3.8, 4) is 5.75 Å². The van der Waals surface area contributed by atoms with Crippen molar-refractivity contribution in [3.05, 3.63) is 102 Å². The fourth-order valence-electron chi connectivity index (χ4n) is 2.83. The highest BCUT2D eigenvalue weighted by Gasteiger charge is 2.27. The van der Waals surface area contributed by atoms with E-state index in [1.54, 1.807) is 72.8 Å². The smallest absolute Gasteiger partial charge is 0.264 e. The van der Waals surface area contributed by atoms with Crippen molar-refractivity contribution in [2.45, 2.75) is 4.90 Å². The van der Waals surface area contributed by atoms with E-state index in [0.717, 1.165) is 8.78 Å². The van der Waals surface area contributed by atoms with Crippen LogP contribution in [0.3, 0.4) is 0 Å². The summed E-state index contributed by atoms with van der Waals surface area (Å²) >= 11 is 3.34. The van der Waals surface area contributed by atoms with Crippen LogP contribution in [0.5, 0.6) is 5.75 Å². The third-order valence-corrected chi connectivity index (χ3v) is 6.68. The molecular weight excluding hydrogens is 506 g/mol. The predicted octanol–water partition coefficient (Wildman–Crippen LogP) is 4.36. The third kappa shape index (κ3) is 6.77. The maximum absolute atomic E-state index is 13.2. The zero-order valence-electron chi connectivity index (χ0n) is 17.6. The molecule has 0 aliphatic rings. The molecule has 0 unspecified atom stereocenters. The van der Waals surface area contributed by atoms with Gasteiger partial charge in [0.05, 0.1) is 16.8 Å². The summed E-state index contributed by atoms with van der Waals surface area (Å²) in [6, 6.07) is 21.8. The first-order chi connectivity index (χ1) is 15.9. The molecule has 0 radical (unpaired) electrons. The molecule has 3 rings (SSSR count). The van der Waals surface area contributed by atoms with E-state index in [1.807, 2.05) is 0 Å². The summed E-state index contributed by atoms with van der Waals surface area (Å²) in [5.74, 6) is 0.0493. The Labute approximate surface area is 201 Å². The lowest BCUT2D eigenvalue weighted by Crippen LogP contribution is -2.39. The molecule has 7 nitrogen and oxygen atoms in total. The van der Waals surface area contributed by atoms with E-state index >= 15 is 0 Å². The number of hydrogen-bond acceptors (Lipinski definition) is 5. The molecule has 9 heteroatoms. The fourth-order valence-corrected chi connectivity index (χ4v) is 4.53. The second-order valence-electron chi connectivity index (χ2n) is 6.77. The number of anilines is 1. The van der Waals surface area contributed by atoms with Gasteiger partial charge < -0.3 is 4.74 Å². The van der Waals surface area contributed by atoms with Gasteiger partial charge in [0, 0.05) is 4.47 Å². The van der Waals surface area contributed by atoms with E-state index < -0.39 is 22.5 Å². The number of ether oxygens (including phenoxy) is 1. The molecule has 0 fully saturated rings. The van der Waals surface area contributed by atoms with E-state index in [9.17, 15) is 13.2 Å². The van der Waals surface area contributed by atoms with Gasteiger partial charge >= 0.3 is 0 Å². The minimum absolute atomic E-state index is 0.0839. The van der Waals surface area contributed by atoms with Crippen LogP contribution >= 0.6 is 15.9 Å². The lowest BCUT2D eigenvalue weighted by molar-refractivity contribution is -0.119.